The Kier molecular flexibility index (Phi) is 5.27. The van der Waals surface area contributed by atoms with E-state index < -0.39 is 0 Å². The van der Waals surface area contributed by atoms with Gasteiger partial charge in [-0.3, -0.25) is 4.79 Å². The maximum absolute atomic E-state index is 13.0. The largest absolute Gasteiger partial charge is 0.322 e. The Bertz CT molecular complexity index is 914. The molecule has 1 atom stereocenters. The van der Waals surface area contributed by atoms with Crippen LogP contribution in [0.2, 0.25) is 5.02 Å². The van der Waals surface area contributed by atoms with Gasteiger partial charge in [-0.15, -0.1) is 0 Å². The van der Waals surface area contributed by atoms with Crippen molar-refractivity contribution in [2.24, 2.45) is 0 Å². The minimum atomic E-state index is -0.155. The normalized spacial score (nSPS) is 19.4. The van der Waals surface area contributed by atoms with Crippen LogP contribution in [0.25, 0.3) is 0 Å². The Labute approximate surface area is 170 Å². The second-order valence-corrected chi connectivity index (χ2v) is 7.86. The Morgan fingerprint density at radius 3 is 2.71 bits per heavy atom. The number of nitrogens with zero attached hydrogens (tertiary/aromatic N) is 2. The predicted molar refractivity (Wildman–Crippen MR) is 112 cm³/mol. The molecule has 4 rings (SSSR count). The monoisotopic (exact) mass is 397 g/mol. The summed E-state index contributed by atoms with van der Waals surface area (Å²) in [5.74, 6) is 0.110. The summed E-state index contributed by atoms with van der Waals surface area (Å²) < 4.78 is 0. The summed E-state index contributed by atoms with van der Waals surface area (Å²) in [5.41, 5.74) is 3.70. The van der Waals surface area contributed by atoms with Gasteiger partial charge in [0, 0.05) is 25.2 Å². The number of hydrogen-bond donors (Lipinski definition) is 1. The zero-order chi connectivity index (χ0) is 19.7. The third kappa shape index (κ3) is 3.59. The molecule has 6 heteroatoms. The molecule has 2 aliphatic heterocycles. The first kappa shape index (κ1) is 18.8. The number of urea groups is 1. The second-order valence-electron chi connectivity index (χ2n) is 7.45. The first-order chi connectivity index (χ1) is 13.5. The van der Waals surface area contributed by atoms with Crippen molar-refractivity contribution in [3.05, 3.63) is 58.6 Å². The van der Waals surface area contributed by atoms with Gasteiger partial charge in [0.2, 0.25) is 5.91 Å². The quantitative estimate of drug-likeness (QED) is 0.779. The van der Waals surface area contributed by atoms with E-state index in [1.54, 1.807) is 17.0 Å². The van der Waals surface area contributed by atoms with Gasteiger partial charge in [0.25, 0.3) is 0 Å². The number of carbonyl (C=O) groups is 2. The fourth-order valence-corrected chi connectivity index (χ4v) is 4.34. The third-order valence-corrected chi connectivity index (χ3v) is 5.97. The lowest BCUT2D eigenvalue weighted by Crippen LogP contribution is -2.34. The summed E-state index contributed by atoms with van der Waals surface area (Å²) in [6.07, 6.45) is 3.35. The van der Waals surface area contributed by atoms with Crippen LogP contribution in [-0.4, -0.2) is 29.9 Å². The van der Waals surface area contributed by atoms with Gasteiger partial charge in [-0.05, 0) is 55.5 Å². The van der Waals surface area contributed by atoms with E-state index in [-0.39, 0.29) is 18.0 Å². The van der Waals surface area contributed by atoms with Gasteiger partial charge in [-0.1, -0.05) is 35.9 Å². The Morgan fingerprint density at radius 1 is 1.14 bits per heavy atom. The van der Waals surface area contributed by atoms with Crippen molar-refractivity contribution in [1.82, 2.24) is 4.90 Å². The number of anilines is 2. The van der Waals surface area contributed by atoms with E-state index in [9.17, 15) is 9.59 Å². The summed E-state index contributed by atoms with van der Waals surface area (Å²) in [6.45, 7) is 3.50. The smallest absolute Gasteiger partial charge is 0.317 e. The fraction of sp³-hybridized carbons (Fsp3) is 0.364. The van der Waals surface area contributed by atoms with Crippen LogP contribution in [0.15, 0.2) is 42.5 Å². The number of halogens is 1. The lowest BCUT2D eigenvalue weighted by molar-refractivity contribution is -0.117. The Morgan fingerprint density at radius 2 is 1.96 bits per heavy atom. The van der Waals surface area contributed by atoms with Crippen LogP contribution in [0, 0.1) is 6.92 Å². The van der Waals surface area contributed by atoms with E-state index in [0.717, 1.165) is 24.9 Å². The number of aryl methyl sites for hydroxylation is 1. The zero-order valence-corrected chi connectivity index (χ0v) is 16.7. The van der Waals surface area contributed by atoms with Crippen LogP contribution in [0.4, 0.5) is 16.2 Å². The van der Waals surface area contributed by atoms with E-state index >= 15 is 0 Å². The summed E-state index contributed by atoms with van der Waals surface area (Å²) in [5, 5.41) is 3.44. The summed E-state index contributed by atoms with van der Waals surface area (Å²) in [6, 6.07) is 13.5. The molecule has 0 spiro atoms. The highest BCUT2D eigenvalue weighted by molar-refractivity contribution is 6.33. The van der Waals surface area contributed by atoms with Crippen LogP contribution in [0.5, 0.6) is 0 Å². The number of nitrogens with one attached hydrogen (secondary N) is 1. The second kappa shape index (κ2) is 7.84. The average molecular weight is 398 g/mol. The lowest BCUT2D eigenvalue weighted by Gasteiger charge is -2.27. The summed E-state index contributed by atoms with van der Waals surface area (Å²) in [7, 11) is 0. The molecule has 2 aromatic carbocycles. The van der Waals surface area contributed by atoms with Gasteiger partial charge in [-0.25, -0.2) is 4.79 Å². The number of carbonyl (C=O) groups excluding carboxylic acids is 2. The number of hydrogen-bond acceptors (Lipinski definition) is 2. The topological polar surface area (TPSA) is 52.7 Å². The third-order valence-electron chi connectivity index (χ3n) is 5.64. The molecule has 0 aromatic heterocycles. The number of amides is 3. The molecule has 2 heterocycles. The average Bonchev–Trinajstić information content (AvgIpc) is 3.33. The molecule has 2 aliphatic rings. The molecule has 2 saturated heterocycles. The van der Waals surface area contributed by atoms with Crippen LogP contribution in [0.3, 0.4) is 0 Å². The summed E-state index contributed by atoms with van der Waals surface area (Å²) >= 11 is 6.33. The highest BCUT2D eigenvalue weighted by Crippen LogP contribution is 2.35. The van der Waals surface area contributed by atoms with Crippen molar-refractivity contribution < 1.29 is 9.59 Å². The minimum absolute atomic E-state index is 0.0725. The van der Waals surface area contributed by atoms with Crippen molar-refractivity contribution in [3.63, 3.8) is 0 Å². The molecule has 2 aromatic rings. The highest BCUT2D eigenvalue weighted by Gasteiger charge is 2.31. The number of likely N-dealkylation sites (tertiary alicyclic amines) is 1. The molecule has 3 amide bonds. The Hall–Kier alpha value is -2.53. The molecule has 0 radical (unpaired) electrons. The SMILES string of the molecule is Cc1ccccc1C1CCCN1C(=O)Nc1cc(N2CCCC2=O)ccc1Cl. The van der Waals surface area contributed by atoms with Crippen LogP contribution < -0.4 is 10.2 Å². The molecule has 1 unspecified atom stereocenters. The molecule has 2 fully saturated rings. The van der Waals surface area contributed by atoms with E-state index in [1.165, 1.54) is 11.1 Å². The Balaban J connectivity index is 1.54. The molecular weight excluding hydrogens is 374 g/mol. The predicted octanol–water partition coefficient (Wildman–Crippen LogP) is 5.14. The molecule has 0 aliphatic carbocycles. The standard InChI is InChI=1S/C22H24ClN3O2/c1-15-6-2-3-7-17(15)20-8-4-13-26(20)22(28)24-19-14-16(10-11-18(19)23)25-12-5-9-21(25)27/h2-3,6-7,10-11,14,20H,4-5,8-9,12-13H2,1H3,(H,24,28). The van der Waals surface area contributed by atoms with Crippen molar-refractivity contribution in [2.45, 2.75) is 38.6 Å². The maximum Gasteiger partial charge on any atom is 0.322 e. The maximum atomic E-state index is 13.0. The van der Waals surface area contributed by atoms with Gasteiger partial charge in [-0.2, -0.15) is 0 Å². The van der Waals surface area contributed by atoms with Crippen LogP contribution in [-0.2, 0) is 4.79 Å². The van der Waals surface area contributed by atoms with Gasteiger partial charge in [0.1, 0.15) is 0 Å². The molecule has 1 N–H and O–H groups in total. The molecule has 146 valence electrons. The van der Waals surface area contributed by atoms with Crippen LogP contribution >= 0.6 is 11.6 Å². The molecular formula is C22H24ClN3O2. The van der Waals surface area contributed by atoms with Gasteiger partial charge < -0.3 is 15.1 Å². The molecule has 5 nitrogen and oxygen atoms in total. The molecule has 0 bridgehead atoms. The molecule has 28 heavy (non-hydrogen) atoms. The van der Waals surface area contributed by atoms with Crippen molar-refractivity contribution >= 4 is 34.9 Å². The van der Waals surface area contributed by atoms with Gasteiger partial charge in [0.15, 0.2) is 0 Å². The van der Waals surface area contributed by atoms with Gasteiger partial charge in [0.05, 0.1) is 16.8 Å². The number of benzene rings is 2. The van der Waals surface area contributed by atoms with Crippen molar-refractivity contribution in [1.29, 1.82) is 0 Å². The van der Waals surface area contributed by atoms with E-state index in [1.807, 2.05) is 23.1 Å². The first-order valence-corrected chi connectivity index (χ1v) is 10.2. The van der Waals surface area contributed by atoms with Crippen molar-refractivity contribution in [3.8, 4) is 0 Å². The summed E-state index contributed by atoms with van der Waals surface area (Å²) in [4.78, 5) is 28.7. The van der Waals surface area contributed by atoms with Crippen LogP contribution in [0.1, 0.15) is 42.9 Å². The van der Waals surface area contributed by atoms with E-state index in [2.05, 4.69) is 24.4 Å². The highest BCUT2D eigenvalue weighted by atomic mass is 35.5. The zero-order valence-electron chi connectivity index (χ0n) is 16.0. The van der Waals surface area contributed by atoms with Crippen molar-refractivity contribution in [2.75, 3.05) is 23.3 Å². The number of rotatable bonds is 3. The first-order valence-electron chi connectivity index (χ1n) is 9.77. The van der Waals surface area contributed by atoms with Gasteiger partial charge >= 0.3 is 6.03 Å². The van der Waals surface area contributed by atoms with E-state index in [4.69, 9.17) is 11.6 Å². The van der Waals surface area contributed by atoms with E-state index in [0.29, 0.717) is 30.2 Å². The molecule has 0 saturated carbocycles. The minimum Gasteiger partial charge on any atom is -0.317 e. The fourth-order valence-electron chi connectivity index (χ4n) is 4.18. The lowest BCUT2D eigenvalue weighted by atomic mass is 9.99.